The van der Waals surface area contributed by atoms with Crippen LogP contribution < -0.4 is 16.4 Å². The van der Waals surface area contributed by atoms with Crippen LogP contribution in [-0.2, 0) is 14.3 Å². The molecule has 0 saturated carbocycles. The van der Waals surface area contributed by atoms with E-state index in [1.54, 1.807) is 24.3 Å². The topological polar surface area (TPSA) is 93.5 Å². The van der Waals surface area contributed by atoms with Crippen LogP contribution in [0.2, 0.25) is 0 Å². The number of nitrogens with two attached hydrogens (primary N) is 1. The highest BCUT2D eigenvalue weighted by Gasteiger charge is 2.04. The lowest BCUT2D eigenvalue weighted by Gasteiger charge is -2.08. The van der Waals surface area contributed by atoms with Crippen molar-refractivity contribution in [2.45, 2.75) is 12.8 Å². The van der Waals surface area contributed by atoms with E-state index in [9.17, 15) is 9.59 Å². The monoisotopic (exact) mass is 265 g/mol. The van der Waals surface area contributed by atoms with Gasteiger partial charge in [-0.1, -0.05) is 6.07 Å². The molecule has 6 heteroatoms. The third kappa shape index (κ3) is 5.98. The van der Waals surface area contributed by atoms with Gasteiger partial charge in [0.2, 0.25) is 11.8 Å². The molecule has 0 aromatic heterocycles. The highest BCUT2D eigenvalue weighted by Crippen LogP contribution is 2.15. The zero-order valence-electron chi connectivity index (χ0n) is 10.9. The molecule has 0 unspecified atom stereocenters. The van der Waals surface area contributed by atoms with E-state index < -0.39 is 0 Å². The first-order valence-corrected chi connectivity index (χ1v) is 6.04. The molecule has 0 fully saturated rings. The van der Waals surface area contributed by atoms with Gasteiger partial charge in [-0.15, -0.1) is 0 Å². The van der Waals surface area contributed by atoms with Crippen LogP contribution in [0.25, 0.3) is 0 Å². The zero-order valence-corrected chi connectivity index (χ0v) is 10.9. The first-order chi connectivity index (χ1) is 9.15. The van der Waals surface area contributed by atoms with Gasteiger partial charge in [-0.25, -0.2) is 0 Å². The third-order valence-electron chi connectivity index (χ3n) is 2.31. The van der Waals surface area contributed by atoms with Gasteiger partial charge in [0, 0.05) is 24.9 Å². The van der Waals surface area contributed by atoms with Crippen LogP contribution in [0, 0.1) is 0 Å². The molecule has 1 rings (SSSR count). The van der Waals surface area contributed by atoms with Crippen molar-refractivity contribution >= 4 is 23.2 Å². The minimum absolute atomic E-state index is 0.00686. The smallest absolute Gasteiger partial charge is 0.250 e. The Morgan fingerprint density at radius 1 is 1.21 bits per heavy atom. The maximum Gasteiger partial charge on any atom is 0.250 e. The quantitative estimate of drug-likeness (QED) is 0.684. The van der Waals surface area contributed by atoms with Crippen molar-refractivity contribution in [1.29, 1.82) is 0 Å². The number of nitrogens with one attached hydrogen (secondary N) is 2. The van der Waals surface area contributed by atoms with Crippen LogP contribution in [0.4, 0.5) is 11.4 Å². The van der Waals surface area contributed by atoms with E-state index >= 15 is 0 Å². The summed E-state index contributed by atoms with van der Waals surface area (Å²) in [5.41, 5.74) is 6.58. The molecular weight excluding hydrogens is 246 g/mol. The Morgan fingerprint density at radius 2 is 1.84 bits per heavy atom. The zero-order chi connectivity index (χ0) is 14.1. The number of ether oxygens (including phenoxy) is 1. The van der Waals surface area contributed by atoms with E-state index in [0.29, 0.717) is 30.8 Å². The Morgan fingerprint density at radius 3 is 2.42 bits per heavy atom. The molecule has 1 aromatic carbocycles. The molecule has 6 nitrogen and oxygen atoms in total. The molecular formula is C13H19N3O3. The van der Waals surface area contributed by atoms with E-state index in [0.717, 1.165) is 0 Å². The fraction of sp³-hybridized carbons (Fsp3) is 0.385. The van der Waals surface area contributed by atoms with Gasteiger partial charge in [0.05, 0.1) is 0 Å². The predicted octanol–water partition coefficient (Wildman–Crippen LogP) is 0.949. The second-order valence-electron chi connectivity index (χ2n) is 4.00. The molecule has 0 radical (unpaired) electrons. The summed E-state index contributed by atoms with van der Waals surface area (Å²) in [4.78, 5) is 22.9. The number of amides is 2. The number of anilines is 2. The van der Waals surface area contributed by atoms with Crippen LogP contribution in [0.5, 0.6) is 0 Å². The standard InChI is InChI=1S/C13H19N3O3/c1-19-9-13(18)16-11-5-2-4-10(8-11)15-12(17)6-3-7-14/h2,4-5,8H,3,6-7,9,14H2,1H3,(H,15,17)(H,16,18). The fourth-order valence-electron chi connectivity index (χ4n) is 1.49. The molecule has 0 atom stereocenters. The number of hydrogen-bond donors (Lipinski definition) is 3. The normalized spacial score (nSPS) is 10.0. The summed E-state index contributed by atoms with van der Waals surface area (Å²) in [7, 11) is 1.45. The van der Waals surface area contributed by atoms with Crippen LogP contribution in [0.15, 0.2) is 24.3 Å². The van der Waals surface area contributed by atoms with Crippen molar-refractivity contribution < 1.29 is 14.3 Å². The molecule has 4 N–H and O–H groups in total. The average molecular weight is 265 g/mol. The minimum atomic E-state index is -0.242. The van der Waals surface area contributed by atoms with Crippen LogP contribution >= 0.6 is 0 Å². The maximum atomic E-state index is 11.5. The molecule has 0 aliphatic carbocycles. The molecule has 0 bridgehead atoms. The maximum absolute atomic E-state index is 11.5. The van der Waals surface area contributed by atoms with E-state index in [4.69, 9.17) is 10.5 Å². The van der Waals surface area contributed by atoms with Crippen molar-refractivity contribution in [3.05, 3.63) is 24.3 Å². The Hall–Kier alpha value is -1.92. The van der Waals surface area contributed by atoms with Gasteiger partial charge in [0.1, 0.15) is 6.61 Å². The molecule has 1 aromatic rings. The number of methoxy groups -OCH3 is 1. The first-order valence-electron chi connectivity index (χ1n) is 6.04. The summed E-state index contributed by atoms with van der Waals surface area (Å²) < 4.78 is 4.72. The number of benzene rings is 1. The summed E-state index contributed by atoms with van der Waals surface area (Å²) in [5, 5.41) is 5.41. The van der Waals surface area contributed by atoms with Crippen LogP contribution in [0.3, 0.4) is 0 Å². The second kappa shape index (κ2) is 8.23. The van der Waals surface area contributed by atoms with E-state index in [1.165, 1.54) is 7.11 Å². The van der Waals surface area contributed by atoms with E-state index in [2.05, 4.69) is 10.6 Å². The molecule has 19 heavy (non-hydrogen) atoms. The van der Waals surface area contributed by atoms with Gasteiger partial charge in [-0.2, -0.15) is 0 Å². The van der Waals surface area contributed by atoms with Crippen molar-refractivity contribution in [3.63, 3.8) is 0 Å². The molecule has 0 aliphatic heterocycles. The number of carbonyl (C=O) groups excluding carboxylic acids is 2. The van der Waals surface area contributed by atoms with Gasteiger partial charge >= 0.3 is 0 Å². The Labute approximate surface area is 112 Å². The van der Waals surface area contributed by atoms with Crippen LogP contribution in [-0.4, -0.2) is 32.1 Å². The molecule has 0 heterocycles. The highest BCUT2D eigenvalue weighted by molar-refractivity contribution is 5.94. The second-order valence-corrected chi connectivity index (χ2v) is 4.00. The van der Waals surface area contributed by atoms with Gasteiger partial charge in [-0.05, 0) is 31.2 Å². The largest absolute Gasteiger partial charge is 0.375 e. The summed E-state index contributed by atoms with van der Waals surface area (Å²) in [6.45, 7) is 0.480. The lowest BCUT2D eigenvalue weighted by Crippen LogP contribution is -2.17. The van der Waals surface area contributed by atoms with E-state index in [-0.39, 0.29) is 18.4 Å². The molecule has 2 amide bonds. The Balaban J connectivity index is 2.56. The van der Waals surface area contributed by atoms with Gasteiger partial charge < -0.3 is 21.1 Å². The van der Waals surface area contributed by atoms with E-state index in [1.807, 2.05) is 0 Å². The average Bonchev–Trinajstić information content (AvgIpc) is 2.37. The SMILES string of the molecule is COCC(=O)Nc1cccc(NC(=O)CCCN)c1. The summed E-state index contributed by atoms with van der Waals surface area (Å²) in [5.74, 6) is -0.333. The molecule has 0 aliphatic rings. The third-order valence-corrected chi connectivity index (χ3v) is 2.31. The first kappa shape index (κ1) is 15.1. The van der Waals surface area contributed by atoms with Crippen molar-refractivity contribution in [2.24, 2.45) is 5.73 Å². The lowest BCUT2D eigenvalue weighted by atomic mass is 10.2. The molecule has 0 spiro atoms. The molecule has 104 valence electrons. The summed E-state index contributed by atoms with van der Waals surface area (Å²) in [6.07, 6.45) is 1.03. The Kier molecular flexibility index (Phi) is 6.56. The summed E-state index contributed by atoms with van der Waals surface area (Å²) >= 11 is 0. The van der Waals surface area contributed by atoms with Gasteiger partial charge in [0.15, 0.2) is 0 Å². The van der Waals surface area contributed by atoms with Crippen molar-refractivity contribution in [1.82, 2.24) is 0 Å². The fourth-order valence-corrected chi connectivity index (χ4v) is 1.49. The lowest BCUT2D eigenvalue weighted by molar-refractivity contribution is -0.119. The molecule has 0 saturated heterocycles. The van der Waals surface area contributed by atoms with Gasteiger partial charge in [0.25, 0.3) is 0 Å². The predicted molar refractivity (Wildman–Crippen MR) is 73.9 cm³/mol. The van der Waals surface area contributed by atoms with Crippen molar-refractivity contribution in [3.8, 4) is 0 Å². The Bertz CT molecular complexity index is 435. The number of carbonyl (C=O) groups is 2. The van der Waals surface area contributed by atoms with Crippen LogP contribution in [0.1, 0.15) is 12.8 Å². The van der Waals surface area contributed by atoms with Gasteiger partial charge in [-0.3, -0.25) is 9.59 Å². The number of hydrogen-bond acceptors (Lipinski definition) is 4. The minimum Gasteiger partial charge on any atom is -0.375 e. The number of rotatable bonds is 7. The highest BCUT2D eigenvalue weighted by atomic mass is 16.5. The van der Waals surface area contributed by atoms with Crippen molar-refractivity contribution in [2.75, 3.05) is 30.9 Å². The summed E-state index contributed by atoms with van der Waals surface area (Å²) in [6, 6.07) is 6.93.